The molecule has 2 aliphatic heterocycles. The van der Waals surface area contributed by atoms with E-state index in [0.717, 1.165) is 47.3 Å². The quantitative estimate of drug-likeness (QED) is 0.258. The molecular formula is C26H28FN3O4S. The maximum Gasteiger partial charge on any atom is 0.293 e. The zero-order chi connectivity index (χ0) is 25.5. The first kappa shape index (κ1) is 24.9. The fraction of sp³-hybridized carbons (Fsp3) is 0.385. The molecule has 2 aromatic carbocycles. The van der Waals surface area contributed by atoms with Crippen LogP contribution in [0.1, 0.15) is 63.1 Å². The highest BCUT2D eigenvalue weighted by Crippen LogP contribution is 2.45. The highest BCUT2D eigenvalue weighted by Gasteiger charge is 2.38. The van der Waals surface area contributed by atoms with Gasteiger partial charge in [0.1, 0.15) is 5.82 Å². The van der Waals surface area contributed by atoms with E-state index < -0.39 is 21.9 Å². The number of anilines is 1. The van der Waals surface area contributed by atoms with Gasteiger partial charge in [-0.2, -0.15) is 0 Å². The highest BCUT2D eigenvalue weighted by atomic mass is 32.2. The molecule has 0 bridgehead atoms. The Balaban J connectivity index is 1.61. The number of benzene rings is 2. The first-order valence-electron chi connectivity index (χ1n) is 11.6. The van der Waals surface area contributed by atoms with Crippen LogP contribution in [0.15, 0.2) is 41.3 Å². The molecule has 7 nitrogen and oxygen atoms in total. The van der Waals surface area contributed by atoms with Crippen LogP contribution in [-0.2, 0) is 11.3 Å². The van der Waals surface area contributed by atoms with E-state index >= 15 is 4.39 Å². The molecule has 1 saturated heterocycles. The molecule has 0 radical (unpaired) electrons. The van der Waals surface area contributed by atoms with Gasteiger partial charge in [0.2, 0.25) is 0 Å². The summed E-state index contributed by atoms with van der Waals surface area (Å²) in [6, 6.07) is 9.04. The maximum atomic E-state index is 15.2. The Kier molecular flexibility index (Phi) is 6.73. The second-order valence-electron chi connectivity index (χ2n) is 9.69. The highest BCUT2D eigenvalue weighted by molar-refractivity contribution is 8.18. The SMILES string of the molecule is CCCN1c2cc(F)c(/C=C3/SC(=O)N(Cc4ccc([N+](=O)[O-])cc4)C3=O)cc2C(C)CC1(C)C. The van der Waals surface area contributed by atoms with Crippen LogP contribution in [0.2, 0.25) is 0 Å². The number of halogens is 1. The number of non-ortho nitro benzene ring substituents is 1. The van der Waals surface area contributed by atoms with E-state index in [0.29, 0.717) is 5.56 Å². The summed E-state index contributed by atoms with van der Waals surface area (Å²) < 4.78 is 15.2. The molecule has 184 valence electrons. The van der Waals surface area contributed by atoms with E-state index in [2.05, 4.69) is 32.6 Å². The molecule has 1 atom stereocenters. The Labute approximate surface area is 208 Å². The van der Waals surface area contributed by atoms with Gasteiger partial charge in [-0.3, -0.25) is 24.6 Å². The molecule has 0 N–H and O–H groups in total. The monoisotopic (exact) mass is 497 g/mol. The lowest BCUT2D eigenvalue weighted by atomic mass is 9.79. The first-order valence-corrected chi connectivity index (χ1v) is 12.4. The van der Waals surface area contributed by atoms with Crippen molar-refractivity contribution in [1.29, 1.82) is 0 Å². The normalized spacial score (nSPS) is 20.5. The predicted molar refractivity (Wildman–Crippen MR) is 136 cm³/mol. The lowest BCUT2D eigenvalue weighted by Gasteiger charge is -2.47. The largest absolute Gasteiger partial charge is 0.366 e. The third-order valence-electron chi connectivity index (χ3n) is 6.60. The minimum Gasteiger partial charge on any atom is -0.366 e. The number of hydrogen-bond acceptors (Lipinski definition) is 6. The molecule has 9 heteroatoms. The van der Waals surface area contributed by atoms with Crippen LogP contribution in [0.3, 0.4) is 0 Å². The average molecular weight is 498 g/mol. The lowest BCUT2D eigenvalue weighted by Crippen LogP contribution is -2.48. The number of carbonyl (C=O) groups is 2. The summed E-state index contributed by atoms with van der Waals surface area (Å²) in [5, 5.41) is 10.4. The molecule has 1 fully saturated rings. The molecule has 0 saturated carbocycles. The second kappa shape index (κ2) is 9.45. The van der Waals surface area contributed by atoms with Crippen molar-refractivity contribution in [3.8, 4) is 0 Å². The number of nitro benzene ring substituents is 1. The van der Waals surface area contributed by atoms with E-state index in [-0.39, 0.29) is 34.2 Å². The predicted octanol–water partition coefficient (Wildman–Crippen LogP) is 6.47. The topological polar surface area (TPSA) is 83.8 Å². The van der Waals surface area contributed by atoms with E-state index in [9.17, 15) is 19.7 Å². The summed E-state index contributed by atoms with van der Waals surface area (Å²) in [6.45, 7) is 9.40. The van der Waals surface area contributed by atoms with Crippen LogP contribution < -0.4 is 4.90 Å². The van der Waals surface area contributed by atoms with Gasteiger partial charge in [0.05, 0.1) is 16.4 Å². The average Bonchev–Trinajstić information content (AvgIpc) is 3.05. The van der Waals surface area contributed by atoms with E-state index in [1.54, 1.807) is 12.1 Å². The molecule has 2 heterocycles. The van der Waals surface area contributed by atoms with Gasteiger partial charge in [-0.1, -0.05) is 26.0 Å². The Morgan fingerprint density at radius 3 is 2.54 bits per heavy atom. The molecule has 35 heavy (non-hydrogen) atoms. The molecule has 0 aliphatic carbocycles. The van der Waals surface area contributed by atoms with Crippen LogP contribution in [0.25, 0.3) is 6.08 Å². The molecule has 1 unspecified atom stereocenters. The zero-order valence-electron chi connectivity index (χ0n) is 20.2. The van der Waals surface area contributed by atoms with Crippen LogP contribution in [-0.4, -0.2) is 33.1 Å². The van der Waals surface area contributed by atoms with Gasteiger partial charge >= 0.3 is 0 Å². The number of carbonyl (C=O) groups excluding carboxylic acids is 2. The van der Waals surface area contributed by atoms with Crippen molar-refractivity contribution >= 4 is 40.4 Å². The molecule has 0 aromatic heterocycles. The zero-order valence-corrected chi connectivity index (χ0v) is 21.0. The number of rotatable bonds is 6. The fourth-order valence-corrected chi connectivity index (χ4v) is 5.79. The van der Waals surface area contributed by atoms with Crippen molar-refractivity contribution in [2.75, 3.05) is 11.4 Å². The van der Waals surface area contributed by atoms with Gasteiger partial charge in [0.25, 0.3) is 16.8 Å². The summed E-state index contributed by atoms with van der Waals surface area (Å²) in [5.74, 6) is -0.716. The molecule has 0 spiro atoms. The van der Waals surface area contributed by atoms with Crippen molar-refractivity contribution < 1.29 is 18.9 Å². The summed E-state index contributed by atoms with van der Waals surface area (Å²) in [4.78, 5) is 39.3. The standard InChI is InChI=1S/C26H28FN3O4S/c1-5-10-29-22-13-21(27)18(11-20(22)16(2)14-26(29,3)4)12-23-24(31)28(25(32)35-23)15-17-6-8-19(9-7-17)30(33)34/h6-9,11-13,16H,5,10,14-15H2,1-4H3/b23-12+. The van der Waals surface area contributed by atoms with Crippen molar-refractivity contribution in [3.63, 3.8) is 0 Å². The Morgan fingerprint density at radius 1 is 1.23 bits per heavy atom. The van der Waals surface area contributed by atoms with Crippen molar-refractivity contribution in [1.82, 2.24) is 4.90 Å². The minimum atomic E-state index is -0.511. The molecule has 2 aromatic rings. The molecule has 2 aliphatic rings. The Morgan fingerprint density at radius 2 is 1.91 bits per heavy atom. The summed E-state index contributed by atoms with van der Waals surface area (Å²) in [6.07, 6.45) is 3.33. The summed E-state index contributed by atoms with van der Waals surface area (Å²) in [7, 11) is 0. The molecule has 2 amide bonds. The van der Waals surface area contributed by atoms with Crippen molar-refractivity contribution in [3.05, 3.63) is 73.9 Å². The van der Waals surface area contributed by atoms with Crippen molar-refractivity contribution in [2.24, 2.45) is 0 Å². The van der Waals surface area contributed by atoms with E-state index in [1.807, 2.05) is 0 Å². The number of nitro groups is 1. The van der Waals surface area contributed by atoms with Gasteiger partial charge < -0.3 is 4.90 Å². The number of thioether (sulfide) groups is 1. The smallest absolute Gasteiger partial charge is 0.293 e. The van der Waals surface area contributed by atoms with Gasteiger partial charge in [-0.05, 0) is 73.7 Å². The Hall–Kier alpha value is -3.20. The third-order valence-corrected chi connectivity index (χ3v) is 7.51. The fourth-order valence-electron chi connectivity index (χ4n) is 4.96. The van der Waals surface area contributed by atoms with Crippen LogP contribution in [0, 0.1) is 15.9 Å². The van der Waals surface area contributed by atoms with Crippen LogP contribution >= 0.6 is 11.8 Å². The summed E-state index contributed by atoms with van der Waals surface area (Å²) in [5.41, 5.74) is 2.64. The van der Waals surface area contributed by atoms with Crippen LogP contribution in [0.5, 0.6) is 0 Å². The number of amides is 2. The lowest BCUT2D eigenvalue weighted by molar-refractivity contribution is -0.384. The van der Waals surface area contributed by atoms with Gasteiger partial charge in [0, 0.05) is 35.5 Å². The first-order chi connectivity index (χ1) is 16.5. The maximum absolute atomic E-state index is 15.2. The van der Waals surface area contributed by atoms with Gasteiger partial charge in [-0.15, -0.1) is 0 Å². The number of hydrogen-bond donors (Lipinski definition) is 0. The van der Waals surface area contributed by atoms with E-state index in [1.165, 1.54) is 30.3 Å². The number of imide groups is 1. The van der Waals surface area contributed by atoms with Gasteiger partial charge in [0.15, 0.2) is 0 Å². The van der Waals surface area contributed by atoms with Gasteiger partial charge in [-0.25, -0.2) is 4.39 Å². The van der Waals surface area contributed by atoms with Crippen LogP contribution in [0.4, 0.5) is 20.6 Å². The number of nitrogens with zero attached hydrogens (tertiary/aromatic N) is 3. The summed E-state index contributed by atoms with van der Waals surface area (Å²) >= 11 is 0.772. The van der Waals surface area contributed by atoms with E-state index in [4.69, 9.17) is 0 Å². The third kappa shape index (κ3) is 4.82. The Bertz CT molecular complexity index is 1230. The van der Waals surface area contributed by atoms with Crippen molar-refractivity contribution in [2.45, 2.75) is 58.5 Å². The minimum absolute atomic E-state index is 0.00916. The molecular weight excluding hydrogens is 469 g/mol. The second-order valence-corrected chi connectivity index (χ2v) is 10.7. The molecule has 4 rings (SSSR count). The number of fused-ring (bicyclic) bond motifs is 1.